The normalized spacial score (nSPS) is 12.7. The largest absolute Gasteiger partial charge is 0.341 e. The minimum absolute atomic E-state index is 0.00501. The Balaban J connectivity index is 0.000000170. The molecule has 0 aliphatic rings. The molecule has 0 aliphatic heterocycles. The van der Waals surface area contributed by atoms with Gasteiger partial charge in [-0.2, -0.15) is 0 Å². The number of benzene rings is 15. The molecule has 2 nitrogen and oxygen atoms in total. The molecule has 0 bridgehead atoms. The van der Waals surface area contributed by atoms with Crippen LogP contribution < -0.4 is 0 Å². The minimum atomic E-state index is 0.00501. The molecule has 2 aromatic heterocycles. The first-order valence-corrected chi connectivity index (χ1v) is 40.9. The molecule has 0 fully saturated rings. The van der Waals surface area contributed by atoms with Crippen LogP contribution in [-0.4, -0.2) is 9.13 Å². The van der Waals surface area contributed by atoms with Gasteiger partial charge >= 0.3 is 0 Å². The highest BCUT2D eigenvalue weighted by Crippen LogP contribution is 2.50. The average molecular weight is 1460 g/mol. The molecule has 2 heteroatoms. The van der Waals surface area contributed by atoms with Crippen LogP contribution in [0.15, 0.2) is 279 Å². The second-order valence-electron chi connectivity index (χ2n) is 37.9. The summed E-state index contributed by atoms with van der Waals surface area (Å²) < 4.78 is 4.91. The summed E-state index contributed by atoms with van der Waals surface area (Å²) in [6, 6.07) is 107. The average Bonchev–Trinajstić information content (AvgIpc) is 1.12. The summed E-state index contributed by atoms with van der Waals surface area (Å²) in [5.74, 6) is 0. The minimum Gasteiger partial charge on any atom is -0.341 e. The molecule has 0 saturated carbocycles. The lowest BCUT2D eigenvalue weighted by atomic mass is 9.79. The summed E-state index contributed by atoms with van der Waals surface area (Å²) in [6.45, 7) is 48.0. The van der Waals surface area contributed by atoms with Gasteiger partial charge in [-0.1, -0.05) is 331 Å². The fourth-order valence-electron chi connectivity index (χ4n) is 17.5. The summed E-state index contributed by atoms with van der Waals surface area (Å²) in [7, 11) is 0. The van der Waals surface area contributed by atoms with Crippen molar-refractivity contribution in [3.8, 4) is 77.9 Å². The zero-order valence-electron chi connectivity index (χ0n) is 69.9. The third kappa shape index (κ3) is 13.7. The Morgan fingerprint density at radius 2 is 0.357 bits per heavy atom. The number of rotatable bonds is 9. The second-order valence-corrected chi connectivity index (χ2v) is 37.9. The molecule has 0 unspecified atom stereocenters. The maximum absolute atomic E-state index is 2.47. The number of nitrogens with zero attached hydrogens (tertiary/aromatic N) is 2. The van der Waals surface area contributed by atoms with Gasteiger partial charge in [0.1, 0.15) is 0 Å². The first-order valence-electron chi connectivity index (χ1n) is 40.9. The van der Waals surface area contributed by atoms with Crippen molar-refractivity contribution in [2.45, 2.75) is 184 Å². The number of hydrogen-bond acceptors (Lipinski definition) is 0. The van der Waals surface area contributed by atoms with E-state index in [-0.39, 0.29) is 32.5 Å². The van der Waals surface area contributed by atoms with Crippen LogP contribution in [0.1, 0.15) is 172 Å². The predicted octanol–water partition coefficient (Wildman–Crippen LogP) is 31.7. The van der Waals surface area contributed by atoms with E-state index in [1.807, 2.05) is 0 Å². The molecule has 0 saturated heterocycles. The third-order valence-electron chi connectivity index (χ3n) is 24.1. The van der Waals surface area contributed by atoms with Crippen molar-refractivity contribution in [2.24, 2.45) is 0 Å². The van der Waals surface area contributed by atoms with Crippen LogP contribution in [0.4, 0.5) is 0 Å². The van der Waals surface area contributed by atoms with Crippen LogP contribution in [0, 0.1) is 0 Å². The lowest BCUT2D eigenvalue weighted by Gasteiger charge is -2.25. The number of aromatic nitrogens is 2. The molecule has 0 spiro atoms. The van der Waals surface area contributed by atoms with Crippen LogP contribution in [0.5, 0.6) is 0 Å². The Morgan fingerprint density at radius 1 is 0.170 bits per heavy atom. The molecular weight excluding hydrogens is 1350 g/mol. The molecule has 15 aromatic carbocycles. The Kier molecular flexibility index (Phi) is 18.7. The number of aryl methyl sites for hydroxylation is 2. The number of fused-ring (bicyclic) bond motifs is 10. The smallest absolute Gasteiger partial charge is 0.0491 e. The van der Waals surface area contributed by atoms with Gasteiger partial charge in [0.05, 0.1) is 0 Å². The lowest BCUT2D eigenvalue weighted by Crippen LogP contribution is -2.11. The van der Waals surface area contributed by atoms with Gasteiger partial charge in [0.2, 0.25) is 0 Å². The second kappa shape index (κ2) is 28.0. The summed E-state index contributed by atoms with van der Waals surface area (Å²) in [5.41, 5.74) is 31.2. The maximum atomic E-state index is 2.47. The van der Waals surface area contributed by atoms with E-state index < -0.39 is 0 Å². The van der Waals surface area contributed by atoms with Crippen molar-refractivity contribution in [1.82, 2.24) is 9.13 Å². The van der Waals surface area contributed by atoms with Crippen LogP contribution in [0.2, 0.25) is 0 Å². The zero-order valence-corrected chi connectivity index (χ0v) is 69.9. The standard InChI is InChI=1S/C58H57N.C52H53N/c1-11-59-52-31-25-42(33-48(52)49-34-45(58(8,9)10)28-32-53(49)59)39-19-23-41(24-20-39)55-47-30-27-43(56(2,3)4)35-50(47)54(46-29-26-44(36-51(46)55)57(5,6)7)40-21-17-38(18-22-40)37-15-13-12-14-16-37;1-11-53-46-27-21-36(29-42(46)43-30-39(52(8,9)10)24-28-47(43)53)33-17-19-35(20-18-33)49-41-26-23-37(50(2,3)4)31-44(41)48(34-15-13-12-14-16-34)40-25-22-38(32-45(40)49)51(5,6)7/h12-36H,11H2,1-10H3;12-32H,11H2,1-10H3. The molecule has 560 valence electrons. The molecule has 0 aliphatic carbocycles. The van der Waals surface area contributed by atoms with Crippen molar-refractivity contribution in [1.29, 1.82) is 0 Å². The van der Waals surface area contributed by atoms with Gasteiger partial charge in [-0.05, 0) is 273 Å². The highest BCUT2D eigenvalue weighted by atomic mass is 15.0. The molecular formula is C110H110N2. The third-order valence-corrected chi connectivity index (χ3v) is 24.1. The van der Waals surface area contributed by atoms with E-state index >= 15 is 0 Å². The van der Waals surface area contributed by atoms with Crippen LogP contribution in [0.3, 0.4) is 0 Å². The van der Waals surface area contributed by atoms with E-state index in [4.69, 9.17) is 0 Å². The molecule has 0 atom stereocenters. The SMILES string of the molecule is CCn1c2ccc(-c3ccc(-c4c5ccc(C(C)(C)C)cc5c(-c5ccc(-c6ccccc6)cc5)c5ccc(C(C)(C)C)cc45)cc3)cc2c2cc(C(C)(C)C)ccc21.CCn1c2ccc(-c3ccc(-c4c5ccc(C(C)(C)C)cc5c(-c5ccccc5)c5ccc(C(C)(C)C)cc45)cc3)cc2c2cc(C(C)(C)C)ccc21. The van der Waals surface area contributed by atoms with Crippen molar-refractivity contribution >= 4 is 86.7 Å². The first kappa shape index (κ1) is 75.0. The Morgan fingerprint density at radius 3 is 0.616 bits per heavy atom. The summed E-state index contributed by atoms with van der Waals surface area (Å²) in [4.78, 5) is 0. The van der Waals surface area contributed by atoms with Crippen LogP contribution in [-0.2, 0) is 45.6 Å². The highest BCUT2D eigenvalue weighted by Gasteiger charge is 2.28. The summed E-state index contributed by atoms with van der Waals surface area (Å²) in [5, 5.41) is 15.7. The molecule has 0 amide bonds. The van der Waals surface area contributed by atoms with Gasteiger partial charge < -0.3 is 9.13 Å². The monoisotopic (exact) mass is 1460 g/mol. The Labute approximate surface area is 665 Å². The maximum Gasteiger partial charge on any atom is 0.0491 e. The van der Waals surface area contributed by atoms with E-state index in [0.29, 0.717) is 0 Å². The van der Waals surface area contributed by atoms with Gasteiger partial charge in [0, 0.05) is 56.7 Å². The van der Waals surface area contributed by atoms with Crippen molar-refractivity contribution < 1.29 is 0 Å². The highest BCUT2D eigenvalue weighted by molar-refractivity contribution is 6.24. The van der Waals surface area contributed by atoms with E-state index in [1.165, 1.54) is 198 Å². The van der Waals surface area contributed by atoms with Gasteiger partial charge in [-0.25, -0.2) is 0 Å². The fraction of sp³-hybridized carbons (Fsp3) is 0.255. The van der Waals surface area contributed by atoms with E-state index in [0.717, 1.165) is 13.1 Å². The topological polar surface area (TPSA) is 9.86 Å². The summed E-state index contributed by atoms with van der Waals surface area (Å²) >= 11 is 0. The van der Waals surface area contributed by atoms with Gasteiger partial charge in [-0.15, -0.1) is 0 Å². The van der Waals surface area contributed by atoms with E-state index in [9.17, 15) is 0 Å². The van der Waals surface area contributed by atoms with E-state index in [2.05, 4.69) is 427 Å². The Hall–Kier alpha value is -11.1. The quantitative estimate of drug-likeness (QED) is 0.128. The predicted molar refractivity (Wildman–Crippen MR) is 491 cm³/mol. The summed E-state index contributed by atoms with van der Waals surface area (Å²) in [6.07, 6.45) is 0. The molecule has 112 heavy (non-hydrogen) atoms. The van der Waals surface area contributed by atoms with Crippen molar-refractivity contribution in [2.75, 3.05) is 0 Å². The van der Waals surface area contributed by atoms with E-state index in [1.54, 1.807) is 0 Å². The van der Waals surface area contributed by atoms with Crippen LogP contribution >= 0.6 is 0 Å². The van der Waals surface area contributed by atoms with Gasteiger partial charge in [-0.3, -0.25) is 0 Å². The van der Waals surface area contributed by atoms with Gasteiger partial charge in [0.25, 0.3) is 0 Å². The first-order chi connectivity index (χ1) is 53.2. The molecule has 2 heterocycles. The zero-order chi connectivity index (χ0) is 78.9. The lowest BCUT2D eigenvalue weighted by molar-refractivity contribution is 0.590. The molecule has 0 N–H and O–H groups in total. The van der Waals surface area contributed by atoms with Crippen molar-refractivity contribution in [3.05, 3.63) is 312 Å². The Bertz CT molecular complexity index is 6490. The number of hydrogen-bond donors (Lipinski definition) is 0. The van der Waals surface area contributed by atoms with Crippen molar-refractivity contribution in [3.63, 3.8) is 0 Å². The fourth-order valence-corrected chi connectivity index (χ4v) is 17.5. The van der Waals surface area contributed by atoms with Crippen LogP contribution in [0.25, 0.3) is 165 Å². The molecule has 17 aromatic rings. The molecule has 0 radical (unpaired) electrons. The van der Waals surface area contributed by atoms with Gasteiger partial charge in [0.15, 0.2) is 0 Å². The molecule has 17 rings (SSSR count).